The third kappa shape index (κ3) is 6.15. The zero-order valence-electron chi connectivity index (χ0n) is 15.6. The first kappa shape index (κ1) is 18.8. The van der Waals surface area contributed by atoms with Crippen LogP contribution in [0, 0.1) is 5.92 Å². The van der Waals surface area contributed by atoms with E-state index in [2.05, 4.69) is 53.5 Å². The van der Waals surface area contributed by atoms with E-state index in [4.69, 9.17) is 4.52 Å². The quantitative estimate of drug-likeness (QED) is 0.592. The van der Waals surface area contributed by atoms with Crippen LogP contribution in [0.25, 0.3) is 0 Å². The molecule has 1 aromatic heterocycles. The fourth-order valence-electron chi connectivity index (χ4n) is 2.92. The standard InChI is InChI=1S/C18H33N5O/c1-5-19-18(20-9-6-15-7-10-23(4)11-8-15)21-13-16-12-17(14(2)3)22-24-16/h12,14-15H,5-11,13H2,1-4H3,(H2,19,20,21). The summed E-state index contributed by atoms with van der Waals surface area (Å²) < 4.78 is 5.35. The van der Waals surface area contributed by atoms with E-state index in [1.807, 2.05) is 6.07 Å². The highest BCUT2D eigenvalue weighted by molar-refractivity contribution is 5.79. The van der Waals surface area contributed by atoms with Gasteiger partial charge in [0.15, 0.2) is 11.7 Å². The largest absolute Gasteiger partial charge is 0.359 e. The molecule has 0 saturated carbocycles. The van der Waals surface area contributed by atoms with E-state index in [0.717, 1.165) is 36.4 Å². The Morgan fingerprint density at radius 1 is 1.38 bits per heavy atom. The lowest BCUT2D eigenvalue weighted by molar-refractivity contribution is 0.213. The van der Waals surface area contributed by atoms with E-state index in [9.17, 15) is 0 Å². The maximum atomic E-state index is 5.35. The summed E-state index contributed by atoms with van der Waals surface area (Å²) in [7, 11) is 2.21. The Morgan fingerprint density at radius 2 is 2.12 bits per heavy atom. The van der Waals surface area contributed by atoms with Gasteiger partial charge in [0.2, 0.25) is 0 Å². The molecule has 0 unspecified atom stereocenters. The average Bonchev–Trinajstić information content (AvgIpc) is 3.04. The molecule has 136 valence electrons. The first-order valence-corrected chi connectivity index (χ1v) is 9.24. The minimum absolute atomic E-state index is 0.382. The number of aliphatic imine (C=N–C) groups is 1. The Hall–Kier alpha value is -1.56. The molecule has 0 bridgehead atoms. The van der Waals surface area contributed by atoms with Crippen molar-refractivity contribution in [2.24, 2.45) is 10.9 Å². The van der Waals surface area contributed by atoms with Gasteiger partial charge < -0.3 is 20.1 Å². The summed E-state index contributed by atoms with van der Waals surface area (Å²) in [5, 5.41) is 10.8. The van der Waals surface area contributed by atoms with Gasteiger partial charge in [0, 0.05) is 19.2 Å². The van der Waals surface area contributed by atoms with E-state index >= 15 is 0 Å². The van der Waals surface area contributed by atoms with Gasteiger partial charge in [-0.05, 0) is 58.2 Å². The molecule has 1 aliphatic heterocycles. The van der Waals surface area contributed by atoms with Gasteiger partial charge in [0.25, 0.3) is 0 Å². The first-order chi connectivity index (χ1) is 11.6. The predicted molar refractivity (Wildman–Crippen MR) is 98.2 cm³/mol. The normalized spacial score (nSPS) is 17.5. The van der Waals surface area contributed by atoms with E-state index < -0.39 is 0 Å². The number of guanidine groups is 1. The van der Waals surface area contributed by atoms with Crippen LogP contribution in [0.1, 0.15) is 57.4 Å². The second-order valence-electron chi connectivity index (χ2n) is 7.03. The van der Waals surface area contributed by atoms with Gasteiger partial charge in [-0.2, -0.15) is 0 Å². The summed E-state index contributed by atoms with van der Waals surface area (Å²) in [6.45, 7) is 11.1. The number of piperidine rings is 1. The molecule has 0 atom stereocenters. The van der Waals surface area contributed by atoms with Gasteiger partial charge >= 0.3 is 0 Å². The molecule has 0 amide bonds. The van der Waals surface area contributed by atoms with E-state index in [1.165, 1.54) is 32.4 Å². The molecule has 0 radical (unpaired) electrons. The highest BCUT2D eigenvalue weighted by atomic mass is 16.5. The summed E-state index contributed by atoms with van der Waals surface area (Å²) in [6.07, 6.45) is 3.82. The lowest BCUT2D eigenvalue weighted by Crippen LogP contribution is -2.39. The monoisotopic (exact) mass is 335 g/mol. The van der Waals surface area contributed by atoms with Crippen molar-refractivity contribution in [3.05, 3.63) is 17.5 Å². The predicted octanol–water partition coefficient (Wildman–Crippen LogP) is 2.59. The number of aromatic nitrogens is 1. The maximum Gasteiger partial charge on any atom is 0.191 e. The van der Waals surface area contributed by atoms with Crippen molar-refractivity contribution >= 4 is 5.96 Å². The lowest BCUT2D eigenvalue weighted by Gasteiger charge is -2.29. The molecule has 2 rings (SSSR count). The molecule has 0 spiro atoms. The van der Waals surface area contributed by atoms with Crippen LogP contribution in [-0.4, -0.2) is 49.2 Å². The van der Waals surface area contributed by atoms with Gasteiger partial charge in [0.1, 0.15) is 6.54 Å². The van der Waals surface area contributed by atoms with Crippen LogP contribution in [0.2, 0.25) is 0 Å². The number of rotatable bonds is 7. The second kappa shape index (κ2) is 9.67. The van der Waals surface area contributed by atoms with Crippen LogP contribution in [0.4, 0.5) is 0 Å². The fraction of sp³-hybridized carbons (Fsp3) is 0.778. The smallest absolute Gasteiger partial charge is 0.191 e. The Morgan fingerprint density at radius 3 is 2.75 bits per heavy atom. The summed E-state index contributed by atoms with van der Waals surface area (Å²) in [6, 6.07) is 2.00. The van der Waals surface area contributed by atoms with E-state index in [-0.39, 0.29) is 0 Å². The number of nitrogens with zero attached hydrogens (tertiary/aromatic N) is 3. The summed E-state index contributed by atoms with van der Waals surface area (Å²) >= 11 is 0. The summed E-state index contributed by atoms with van der Waals surface area (Å²) in [5.74, 6) is 2.88. The Balaban J connectivity index is 1.77. The molecule has 1 aromatic rings. The number of hydrogen-bond donors (Lipinski definition) is 2. The first-order valence-electron chi connectivity index (χ1n) is 9.24. The van der Waals surface area contributed by atoms with Crippen molar-refractivity contribution < 1.29 is 4.52 Å². The van der Waals surface area contributed by atoms with E-state index in [0.29, 0.717) is 12.5 Å². The fourth-order valence-corrected chi connectivity index (χ4v) is 2.92. The van der Waals surface area contributed by atoms with Gasteiger partial charge in [-0.25, -0.2) is 4.99 Å². The van der Waals surface area contributed by atoms with Crippen LogP contribution in [0.15, 0.2) is 15.6 Å². The zero-order valence-corrected chi connectivity index (χ0v) is 15.6. The second-order valence-corrected chi connectivity index (χ2v) is 7.03. The highest BCUT2D eigenvalue weighted by Crippen LogP contribution is 2.18. The molecule has 2 heterocycles. The molecule has 1 saturated heterocycles. The molecule has 6 nitrogen and oxygen atoms in total. The SMILES string of the molecule is CCNC(=NCc1cc(C(C)C)no1)NCCC1CCN(C)CC1. The number of hydrogen-bond acceptors (Lipinski definition) is 4. The molecule has 1 fully saturated rings. The van der Waals surface area contributed by atoms with Crippen molar-refractivity contribution in [2.75, 3.05) is 33.2 Å². The minimum atomic E-state index is 0.382. The van der Waals surface area contributed by atoms with Crippen molar-refractivity contribution in [1.82, 2.24) is 20.7 Å². The molecule has 2 N–H and O–H groups in total. The molecule has 6 heteroatoms. The van der Waals surface area contributed by atoms with Gasteiger partial charge in [-0.3, -0.25) is 0 Å². The summed E-state index contributed by atoms with van der Waals surface area (Å²) in [4.78, 5) is 7.02. The summed E-state index contributed by atoms with van der Waals surface area (Å²) in [5.41, 5.74) is 0.987. The van der Waals surface area contributed by atoms with Crippen molar-refractivity contribution in [2.45, 2.75) is 52.5 Å². The van der Waals surface area contributed by atoms with Gasteiger partial charge in [-0.15, -0.1) is 0 Å². The third-order valence-electron chi connectivity index (χ3n) is 4.59. The van der Waals surface area contributed by atoms with Crippen LogP contribution in [-0.2, 0) is 6.54 Å². The average molecular weight is 335 g/mol. The third-order valence-corrected chi connectivity index (χ3v) is 4.59. The minimum Gasteiger partial charge on any atom is -0.359 e. The van der Waals surface area contributed by atoms with Crippen LogP contribution in [0.5, 0.6) is 0 Å². The van der Waals surface area contributed by atoms with Gasteiger partial charge in [-0.1, -0.05) is 19.0 Å². The van der Waals surface area contributed by atoms with Crippen molar-refractivity contribution in [3.63, 3.8) is 0 Å². The maximum absolute atomic E-state index is 5.35. The van der Waals surface area contributed by atoms with Crippen molar-refractivity contribution in [3.8, 4) is 0 Å². The molecule has 0 aromatic carbocycles. The molecular formula is C18H33N5O. The van der Waals surface area contributed by atoms with E-state index in [1.54, 1.807) is 0 Å². The zero-order chi connectivity index (χ0) is 17.4. The highest BCUT2D eigenvalue weighted by Gasteiger charge is 2.16. The molecule has 24 heavy (non-hydrogen) atoms. The topological polar surface area (TPSA) is 65.7 Å². The van der Waals surface area contributed by atoms with Crippen molar-refractivity contribution in [1.29, 1.82) is 0 Å². The van der Waals surface area contributed by atoms with Crippen LogP contribution >= 0.6 is 0 Å². The number of likely N-dealkylation sites (tertiary alicyclic amines) is 1. The molecule has 0 aliphatic carbocycles. The molecular weight excluding hydrogens is 302 g/mol. The van der Waals surface area contributed by atoms with Crippen LogP contribution in [0.3, 0.4) is 0 Å². The van der Waals surface area contributed by atoms with Crippen LogP contribution < -0.4 is 10.6 Å². The Kier molecular flexibility index (Phi) is 7.56. The number of nitrogens with one attached hydrogen (secondary N) is 2. The molecule has 1 aliphatic rings. The Labute approximate surface area is 146 Å². The van der Waals surface area contributed by atoms with Gasteiger partial charge in [0.05, 0.1) is 5.69 Å². The Bertz CT molecular complexity index is 503. The lowest BCUT2D eigenvalue weighted by atomic mass is 9.94.